The van der Waals surface area contributed by atoms with Gasteiger partial charge < -0.3 is 14.7 Å². The van der Waals surface area contributed by atoms with Crippen molar-refractivity contribution in [2.45, 2.75) is 32.8 Å². The number of hydrogen-bond donors (Lipinski definition) is 1. The SMILES string of the molecule is Cc1nc(-c2ccc3c(c2)N(CCC(=O)O)C(=O)C(C)(C)O3)cs1. The summed E-state index contributed by atoms with van der Waals surface area (Å²) in [7, 11) is 0. The Morgan fingerprint density at radius 1 is 1.42 bits per heavy atom. The minimum Gasteiger partial charge on any atom is -0.481 e. The second-order valence-electron chi connectivity index (χ2n) is 6.15. The monoisotopic (exact) mass is 346 g/mol. The van der Waals surface area contributed by atoms with Crippen LogP contribution in [-0.2, 0) is 9.59 Å². The molecule has 126 valence electrons. The number of carbonyl (C=O) groups excluding carboxylic acids is 1. The van der Waals surface area contributed by atoms with Crippen molar-refractivity contribution in [2.75, 3.05) is 11.4 Å². The van der Waals surface area contributed by atoms with Crippen LogP contribution in [0.2, 0.25) is 0 Å². The number of fused-ring (bicyclic) bond motifs is 1. The summed E-state index contributed by atoms with van der Waals surface area (Å²) in [5.74, 6) is -0.622. The first kappa shape index (κ1) is 16.4. The van der Waals surface area contributed by atoms with Crippen LogP contribution in [0.5, 0.6) is 5.75 Å². The first-order valence-electron chi connectivity index (χ1n) is 7.57. The predicted octanol–water partition coefficient (Wildman–Crippen LogP) is 3.10. The number of hydrogen-bond acceptors (Lipinski definition) is 5. The summed E-state index contributed by atoms with van der Waals surface area (Å²) >= 11 is 1.55. The van der Waals surface area contributed by atoms with E-state index in [9.17, 15) is 9.59 Å². The molecule has 7 heteroatoms. The molecule has 1 aliphatic rings. The molecule has 0 atom stereocenters. The Bertz CT molecular complexity index is 813. The number of ether oxygens (including phenoxy) is 1. The zero-order valence-electron chi connectivity index (χ0n) is 13.7. The Hall–Kier alpha value is -2.41. The molecule has 1 amide bonds. The number of amides is 1. The van der Waals surface area contributed by atoms with Gasteiger partial charge in [-0.2, -0.15) is 0 Å². The Labute approximate surface area is 143 Å². The molecule has 1 N–H and O–H groups in total. The number of carbonyl (C=O) groups is 2. The number of nitrogens with zero attached hydrogens (tertiary/aromatic N) is 2. The molecule has 0 saturated heterocycles. The van der Waals surface area contributed by atoms with Crippen molar-refractivity contribution in [1.82, 2.24) is 4.98 Å². The van der Waals surface area contributed by atoms with E-state index in [1.54, 1.807) is 31.3 Å². The summed E-state index contributed by atoms with van der Waals surface area (Å²) in [6.07, 6.45) is -0.124. The lowest BCUT2D eigenvalue weighted by atomic mass is 10.0. The lowest BCUT2D eigenvalue weighted by Crippen LogP contribution is -2.53. The van der Waals surface area contributed by atoms with Crippen LogP contribution in [0.25, 0.3) is 11.3 Å². The minimum atomic E-state index is -1.02. The van der Waals surface area contributed by atoms with E-state index < -0.39 is 11.6 Å². The van der Waals surface area contributed by atoms with Gasteiger partial charge in [0.1, 0.15) is 5.75 Å². The average molecular weight is 346 g/mol. The normalized spacial score (nSPS) is 15.8. The van der Waals surface area contributed by atoms with Crippen LogP contribution in [0.4, 0.5) is 5.69 Å². The number of anilines is 1. The highest BCUT2D eigenvalue weighted by Crippen LogP contribution is 2.40. The van der Waals surface area contributed by atoms with Gasteiger partial charge in [0.15, 0.2) is 5.60 Å². The standard InChI is InChI=1S/C17H18N2O4S/c1-10-18-12(9-24-10)11-4-5-14-13(8-11)19(7-6-15(20)21)16(22)17(2,3)23-14/h4-5,8-9H,6-7H2,1-3H3,(H,20,21). The van der Waals surface area contributed by atoms with Crippen molar-refractivity contribution in [3.05, 3.63) is 28.6 Å². The molecule has 3 rings (SSSR count). The van der Waals surface area contributed by atoms with Crippen molar-refractivity contribution in [2.24, 2.45) is 0 Å². The molecule has 0 radical (unpaired) electrons. The van der Waals surface area contributed by atoms with Gasteiger partial charge in [-0.3, -0.25) is 9.59 Å². The number of aliphatic carboxylic acids is 1. The molecular formula is C17H18N2O4S. The third-order valence-electron chi connectivity index (χ3n) is 3.84. The lowest BCUT2D eigenvalue weighted by Gasteiger charge is -2.38. The van der Waals surface area contributed by atoms with Crippen LogP contribution >= 0.6 is 11.3 Å². The van der Waals surface area contributed by atoms with E-state index >= 15 is 0 Å². The summed E-state index contributed by atoms with van der Waals surface area (Å²) in [6.45, 7) is 5.40. The van der Waals surface area contributed by atoms with E-state index in [4.69, 9.17) is 9.84 Å². The molecule has 0 fully saturated rings. The van der Waals surface area contributed by atoms with E-state index in [1.807, 2.05) is 24.4 Å². The second kappa shape index (κ2) is 5.90. The molecule has 0 spiro atoms. The van der Waals surface area contributed by atoms with Crippen LogP contribution < -0.4 is 9.64 Å². The van der Waals surface area contributed by atoms with Crippen molar-refractivity contribution < 1.29 is 19.4 Å². The Balaban J connectivity index is 2.04. The predicted molar refractivity (Wildman–Crippen MR) is 91.6 cm³/mol. The summed E-state index contributed by atoms with van der Waals surface area (Å²) in [5.41, 5.74) is 1.26. The molecule has 0 unspecified atom stereocenters. The Morgan fingerprint density at radius 3 is 2.79 bits per heavy atom. The Kier molecular flexibility index (Phi) is 4.04. The largest absolute Gasteiger partial charge is 0.481 e. The van der Waals surface area contributed by atoms with Gasteiger partial charge in [-0.05, 0) is 39.0 Å². The molecule has 1 aromatic carbocycles. The number of aryl methyl sites for hydroxylation is 1. The van der Waals surface area contributed by atoms with Crippen LogP contribution in [0.15, 0.2) is 23.6 Å². The number of benzene rings is 1. The average Bonchev–Trinajstić information content (AvgIpc) is 2.93. The maximum Gasteiger partial charge on any atom is 0.305 e. The molecular weight excluding hydrogens is 328 g/mol. The number of thiazole rings is 1. The molecule has 1 aromatic heterocycles. The highest BCUT2D eigenvalue weighted by Gasteiger charge is 2.41. The summed E-state index contributed by atoms with van der Waals surface area (Å²) in [4.78, 5) is 29.6. The van der Waals surface area contributed by atoms with E-state index in [2.05, 4.69) is 4.98 Å². The molecule has 0 aliphatic carbocycles. The van der Waals surface area contributed by atoms with Crippen LogP contribution in [0.3, 0.4) is 0 Å². The minimum absolute atomic E-state index is 0.105. The van der Waals surface area contributed by atoms with Crippen molar-refractivity contribution in [1.29, 1.82) is 0 Å². The van der Waals surface area contributed by atoms with E-state index in [0.29, 0.717) is 11.4 Å². The highest BCUT2D eigenvalue weighted by molar-refractivity contribution is 7.09. The van der Waals surface area contributed by atoms with Gasteiger partial charge in [0.2, 0.25) is 0 Å². The zero-order valence-corrected chi connectivity index (χ0v) is 14.5. The topological polar surface area (TPSA) is 79.7 Å². The van der Waals surface area contributed by atoms with Gasteiger partial charge in [0.05, 0.1) is 22.8 Å². The third-order valence-corrected chi connectivity index (χ3v) is 4.61. The van der Waals surface area contributed by atoms with E-state index in [1.165, 1.54) is 4.90 Å². The summed E-state index contributed by atoms with van der Waals surface area (Å²) < 4.78 is 5.81. The number of aromatic nitrogens is 1. The molecule has 2 heterocycles. The fourth-order valence-corrected chi connectivity index (χ4v) is 3.27. The Morgan fingerprint density at radius 2 is 2.17 bits per heavy atom. The van der Waals surface area contributed by atoms with Gasteiger partial charge in [0.25, 0.3) is 5.91 Å². The maximum atomic E-state index is 12.7. The number of carboxylic acid groups (broad SMARTS) is 1. The zero-order chi connectivity index (χ0) is 17.5. The van der Waals surface area contributed by atoms with Gasteiger partial charge >= 0.3 is 5.97 Å². The summed E-state index contributed by atoms with van der Waals surface area (Å²) in [5, 5.41) is 11.9. The first-order chi connectivity index (χ1) is 11.3. The van der Waals surface area contributed by atoms with Gasteiger partial charge in [-0.1, -0.05) is 0 Å². The second-order valence-corrected chi connectivity index (χ2v) is 7.21. The lowest BCUT2D eigenvalue weighted by molar-refractivity contribution is -0.137. The van der Waals surface area contributed by atoms with E-state index in [0.717, 1.165) is 16.3 Å². The number of rotatable bonds is 4. The van der Waals surface area contributed by atoms with Crippen LogP contribution in [-0.4, -0.2) is 34.1 Å². The molecule has 24 heavy (non-hydrogen) atoms. The third kappa shape index (κ3) is 2.99. The fourth-order valence-electron chi connectivity index (χ4n) is 2.65. The number of carboxylic acids is 1. The smallest absolute Gasteiger partial charge is 0.305 e. The fraction of sp³-hybridized carbons (Fsp3) is 0.353. The van der Waals surface area contributed by atoms with Gasteiger partial charge in [-0.15, -0.1) is 11.3 Å². The maximum absolute atomic E-state index is 12.7. The molecule has 0 saturated carbocycles. The highest BCUT2D eigenvalue weighted by atomic mass is 32.1. The van der Waals surface area contributed by atoms with Crippen LogP contribution in [0.1, 0.15) is 25.3 Å². The van der Waals surface area contributed by atoms with Crippen molar-refractivity contribution >= 4 is 28.9 Å². The van der Waals surface area contributed by atoms with Gasteiger partial charge in [-0.25, -0.2) is 4.98 Å². The van der Waals surface area contributed by atoms with Crippen molar-refractivity contribution in [3.8, 4) is 17.0 Å². The molecule has 0 bridgehead atoms. The molecule has 2 aromatic rings. The van der Waals surface area contributed by atoms with E-state index in [-0.39, 0.29) is 18.9 Å². The van der Waals surface area contributed by atoms with Gasteiger partial charge in [0, 0.05) is 17.5 Å². The summed E-state index contributed by atoms with van der Waals surface area (Å²) in [6, 6.07) is 5.54. The quantitative estimate of drug-likeness (QED) is 0.920. The molecule has 6 nitrogen and oxygen atoms in total. The first-order valence-corrected chi connectivity index (χ1v) is 8.45. The van der Waals surface area contributed by atoms with Crippen LogP contribution in [0, 0.1) is 6.92 Å². The molecule has 1 aliphatic heterocycles. The van der Waals surface area contributed by atoms with Crippen molar-refractivity contribution in [3.63, 3.8) is 0 Å².